The molecule has 0 aromatic carbocycles. The predicted molar refractivity (Wildman–Crippen MR) is 102 cm³/mol. The van der Waals surface area contributed by atoms with E-state index in [1.807, 2.05) is 11.0 Å². The highest BCUT2D eigenvalue weighted by Gasteiger charge is 2.33. The number of anilines is 1. The fraction of sp³-hybridized carbons (Fsp3) is 0.667. The van der Waals surface area contributed by atoms with Gasteiger partial charge >= 0.3 is 0 Å². The Bertz CT molecular complexity index is 655. The third-order valence-electron chi connectivity index (χ3n) is 5.32. The lowest BCUT2D eigenvalue weighted by Crippen LogP contribution is -2.55. The van der Waals surface area contributed by atoms with E-state index in [-0.39, 0.29) is 11.9 Å². The first kappa shape index (κ1) is 18.0. The molecule has 142 valence electrons. The van der Waals surface area contributed by atoms with Crippen LogP contribution in [0.2, 0.25) is 0 Å². The van der Waals surface area contributed by atoms with Crippen LogP contribution in [-0.2, 0) is 9.53 Å². The summed E-state index contributed by atoms with van der Waals surface area (Å²) in [4.78, 5) is 21.3. The quantitative estimate of drug-likeness (QED) is 0.720. The number of aromatic nitrogens is 1. The Morgan fingerprint density at radius 1 is 1.42 bits per heavy atom. The van der Waals surface area contributed by atoms with Gasteiger partial charge in [-0.3, -0.25) is 4.79 Å². The Kier molecular flexibility index (Phi) is 5.61. The first-order valence-corrected chi connectivity index (χ1v) is 10.1. The number of hydrogen-bond donors (Lipinski definition) is 1. The van der Waals surface area contributed by atoms with Crippen molar-refractivity contribution >= 4 is 27.7 Å². The van der Waals surface area contributed by atoms with Gasteiger partial charge in [-0.1, -0.05) is 0 Å². The number of halogens is 1. The minimum atomic E-state index is 0.181. The molecule has 2 atom stereocenters. The fourth-order valence-corrected chi connectivity index (χ4v) is 3.99. The van der Waals surface area contributed by atoms with Crippen molar-refractivity contribution in [2.24, 2.45) is 0 Å². The summed E-state index contributed by atoms with van der Waals surface area (Å²) >= 11 is 3.45. The second-order valence-corrected chi connectivity index (χ2v) is 7.98. The van der Waals surface area contributed by atoms with E-state index in [4.69, 9.17) is 9.47 Å². The summed E-state index contributed by atoms with van der Waals surface area (Å²) in [5.41, 5.74) is 0. The minimum Gasteiger partial charge on any atom is -0.490 e. The van der Waals surface area contributed by atoms with Gasteiger partial charge in [-0.15, -0.1) is 0 Å². The highest BCUT2D eigenvalue weighted by atomic mass is 79.9. The summed E-state index contributed by atoms with van der Waals surface area (Å²) in [5, 5.41) is 3.30. The molecule has 0 radical (unpaired) electrons. The summed E-state index contributed by atoms with van der Waals surface area (Å²) in [6.07, 6.45) is 4.32. The zero-order chi connectivity index (χ0) is 17.9. The molecule has 2 fully saturated rings. The van der Waals surface area contributed by atoms with Gasteiger partial charge in [0.2, 0.25) is 5.91 Å². The second kappa shape index (κ2) is 8.10. The Labute approximate surface area is 162 Å². The number of piperazine rings is 1. The number of nitrogens with one attached hydrogen (secondary N) is 1. The van der Waals surface area contributed by atoms with Gasteiger partial charge in [0.25, 0.3) is 0 Å². The average molecular weight is 425 g/mol. The average Bonchev–Trinajstić information content (AvgIpc) is 2.77. The van der Waals surface area contributed by atoms with Gasteiger partial charge in [-0.25, -0.2) is 4.98 Å². The van der Waals surface area contributed by atoms with Crippen LogP contribution in [0.1, 0.15) is 19.3 Å². The topological polar surface area (TPSA) is 66.9 Å². The molecule has 0 aliphatic carbocycles. The molecule has 7 nitrogen and oxygen atoms in total. The van der Waals surface area contributed by atoms with Crippen LogP contribution < -0.4 is 15.0 Å². The summed E-state index contributed by atoms with van der Waals surface area (Å²) < 4.78 is 12.4. The Morgan fingerprint density at radius 2 is 2.31 bits per heavy atom. The number of hydrogen-bond acceptors (Lipinski definition) is 6. The molecule has 1 aromatic heterocycles. The van der Waals surface area contributed by atoms with Gasteiger partial charge in [0.1, 0.15) is 0 Å². The molecule has 2 saturated heterocycles. The van der Waals surface area contributed by atoms with Gasteiger partial charge < -0.3 is 24.6 Å². The van der Waals surface area contributed by atoms with Crippen molar-refractivity contribution in [3.63, 3.8) is 0 Å². The van der Waals surface area contributed by atoms with Crippen LogP contribution in [0, 0.1) is 0 Å². The van der Waals surface area contributed by atoms with Gasteiger partial charge in [0.05, 0.1) is 32.3 Å². The van der Waals surface area contributed by atoms with Crippen molar-refractivity contribution < 1.29 is 14.3 Å². The zero-order valence-corrected chi connectivity index (χ0v) is 16.4. The summed E-state index contributed by atoms with van der Waals surface area (Å²) in [5.74, 6) is 1.89. The van der Waals surface area contributed by atoms with Crippen LogP contribution in [0.15, 0.2) is 16.7 Å². The fourth-order valence-electron chi connectivity index (χ4n) is 3.68. The minimum absolute atomic E-state index is 0.181. The molecule has 1 N–H and O–H groups in total. The van der Waals surface area contributed by atoms with Crippen molar-refractivity contribution in [2.45, 2.75) is 31.3 Å². The molecule has 0 bridgehead atoms. The lowest BCUT2D eigenvalue weighted by atomic mass is 10.1. The van der Waals surface area contributed by atoms with Crippen LogP contribution in [0.5, 0.6) is 5.75 Å². The second-order valence-electron chi connectivity index (χ2n) is 7.06. The molecule has 2 unspecified atom stereocenters. The van der Waals surface area contributed by atoms with Crippen molar-refractivity contribution in [1.82, 2.24) is 15.2 Å². The number of rotatable bonds is 5. The molecule has 3 aliphatic rings. The highest BCUT2D eigenvalue weighted by molar-refractivity contribution is 9.10. The van der Waals surface area contributed by atoms with Crippen LogP contribution in [0.25, 0.3) is 0 Å². The van der Waals surface area contributed by atoms with Crippen molar-refractivity contribution in [1.29, 1.82) is 0 Å². The Hall–Kier alpha value is -1.38. The number of ether oxygens (including phenoxy) is 2. The first-order chi connectivity index (χ1) is 12.7. The van der Waals surface area contributed by atoms with Crippen molar-refractivity contribution in [3.8, 4) is 5.75 Å². The standard InChI is InChI=1S/C18H25BrN4O3/c19-13-9-16-18(21-10-13)23-6-5-22(11-15(23)2-8-26-16)17(24)3-7-25-12-14-1-4-20-14/h9-10,14-15,20H,1-8,11-12H2. The monoisotopic (exact) mass is 424 g/mol. The molecule has 8 heteroatoms. The molecule has 1 aromatic rings. The maximum absolute atomic E-state index is 12.5. The summed E-state index contributed by atoms with van der Waals surface area (Å²) in [6.45, 7) is 5.17. The lowest BCUT2D eigenvalue weighted by Gasteiger charge is -2.41. The van der Waals surface area contributed by atoms with Gasteiger partial charge in [0, 0.05) is 42.8 Å². The lowest BCUT2D eigenvalue weighted by molar-refractivity contribution is -0.133. The Morgan fingerprint density at radius 3 is 3.12 bits per heavy atom. The van der Waals surface area contributed by atoms with Crippen molar-refractivity contribution in [2.75, 3.05) is 50.9 Å². The molecular formula is C18H25BrN4O3. The number of nitrogens with zero attached hydrogens (tertiary/aromatic N) is 3. The van der Waals surface area contributed by atoms with E-state index in [0.29, 0.717) is 32.3 Å². The summed E-state index contributed by atoms with van der Waals surface area (Å²) in [6, 6.07) is 2.70. The third-order valence-corrected chi connectivity index (χ3v) is 5.75. The number of pyridine rings is 1. The smallest absolute Gasteiger partial charge is 0.225 e. The largest absolute Gasteiger partial charge is 0.490 e. The van der Waals surface area contributed by atoms with E-state index >= 15 is 0 Å². The van der Waals surface area contributed by atoms with Gasteiger partial charge in [0.15, 0.2) is 11.6 Å². The van der Waals surface area contributed by atoms with Crippen LogP contribution >= 0.6 is 15.9 Å². The number of fused-ring (bicyclic) bond motifs is 3. The molecule has 26 heavy (non-hydrogen) atoms. The van der Waals surface area contributed by atoms with Crippen LogP contribution in [0.3, 0.4) is 0 Å². The van der Waals surface area contributed by atoms with Crippen molar-refractivity contribution in [3.05, 3.63) is 16.7 Å². The Balaban J connectivity index is 1.31. The molecule has 1 amide bonds. The van der Waals surface area contributed by atoms with E-state index in [9.17, 15) is 4.79 Å². The van der Waals surface area contributed by atoms with Gasteiger partial charge in [-0.2, -0.15) is 0 Å². The first-order valence-electron chi connectivity index (χ1n) is 9.34. The van der Waals surface area contributed by atoms with E-state index in [1.165, 1.54) is 6.42 Å². The number of amides is 1. The predicted octanol–water partition coefficient (Wildman–Crippen LogP) is 1.41. The number of carbonyl (C=O) groups is 1. The third kappa shape index (κ3) is 3.97. The maximum Gasteiger partial charge on any atom is 0.225 e. The molecule has 0 spiro atoms. The maximum atomic E-state index is 12.5. The molecule has 4 heterocycles. The van der Waals surface area contributed by atoms with Crippen LogP contribution in [-0.4, -0.2) is 73.9 Å². The number of carbonyl (C=O) groups excluding carboxylic acids is 1. The zero-order valence-electron chi connectivity index (χ0n) is 14.8. The SMILES string of the molecule is O=C(CCOCC1CCN1)N1CCN2c3ncc(Br)cc3OCCC2C1. The van der Waals surface area contributed by atoms with E-state index in [0.717, 1.165) is 48.6 Å². The van der Waals surface area contributed by atoms with E-state index in [1.54, 1.807) is 6.20 Å². The highest BCUT2D eigenvalue weighted by Crippen LogP contribution is 2.34. The normalized spacial score (nSPS) is 24.8. The molecular weight excluding hydrogens is 400 g/mol. The summed E-state index contributed by atoms with van der Waals surface area (Å²) in [7, 11) is 0. The van der Waals surface area contributed by atoms with E-state index < -0.39 is 0 Å². The molecule has 0 saturated carbocycles. The van der Waals surface area contributed by atoms with E-state index in [2.05, 4.69) is 31.1 Å². The molecule has 3 aliphatic heterocycles. The van der Waals surface area contributed by atoms with Gasteiger partial charge in [-0.05, 0) is 35.0 Å². The molecule has 4 rings (SSSR count). The van der Waals surface area contributed by atoms with Crippen LogP contribution in [0.4, 0.5) is 5.82 Å².